The van der Waals surface area contributed by atoms with E-state index in [1.807, 2.05) is 32.0 Å². The van der Waals surface area contributed by atoms with Crippen molar-refractivity contribution in [3.8, 4) is 0 Å². The van der Waals surface area contributed by atoms with Gasteiger partial charge in [-0.25, -0.2) is 9.97 Å². The summed E-state index contributed by atoms with van der Waals surface area (Å²) in [4.78, 5) is 23.2. The molecule has 0 saturated carbocycles. The molecule has 0 spiro atoms. The first kappa shape index (κ1) is 17.9. The highest BCUT2D eigenvalue weighted by Gasteiger charge is 2.13. The Balaban J connectivity index is 2.21. The molecule has 24 heavy (non-hydrogen) atoms. The molecule has 0 fully saturated rings. The summed E-state index contributed by atoms with van der Waals surface area (Å²) >= 11 is 0. The van der Waals surface area contributed by atoms with Crippen LogP contribution in [0, 0.1) is 13.8 Å². The van der Waals surface area contributed by atoms with Crippen LogP contribution in [-0.4, -0.2) is 29.0 Å². The number of carbonyl (C=O) groups excluding carboxylic acids is 1. The molecule has 2 rings (SSSR count). The molecule has 5 nitrogen and oxygen atoms in total. The normalized spacial score (nSPS) is 10.5. The first-order chi connectivity index (χ1) is 11.6. The number of hydrogen-bond acceptors (Lipinski definition) is 4. The van der Waals surface area contributed by atoms with Gasteiger partial charge in [-0.1, -0.05) is 26.0 Å². The van der Waals surface area contributed by atoms with Crippen molar-refractivity contribution in [2.45, 2.75) is 40.5 Å². The molecule has 0 radical (unpaired) electrons. The van der Waals surface area contributed by atoms with Crippen molar-refractivity contribution in [2.75, 3.05) is 23.3 Å². The maximum Gasteiger partial charge on any atom is 0.274 e. The molecule has 0 aliphatic heterocycles. The van der Waals surface area contributed by atoms with Crippen LogP contribution in [0.25, 0.3) is 0 Å². The fraction of sp³-hybridized carbons (Fsp3) is 0.421. The van der Waals surface area contributed by atoms with Gasteiger partial charge in [0, 0.05) is 24.8 Å². The summed E-state index contributed by atoms with van der Waals surface area (Å²) in [5.74, 6) is 0.597. The molecule has 1 N–H and O–H groups in total. The van der Waals surface area contributed by atoms with Crippen LogP contribution in [0.5, 0.6) is 0 Å². The van der Waals surface area contributed by atoms with Crippen molar-refractivity contribution in [3.63, 3.8) is 0 Å². The van der Waals surface area contributed by atoms with Crippen LogP contribution >= 0.6 is 0 Å². The van der Waals surface area contributed by atoms with Crippen LogP contribution in [0.1, 0.15) is 48.3 Å². The molecular weight excluding hydrogens is 300 g/mol. The predicted molar refractivity (Wildman–Crippen MR) is 98.7 cm³/mol. The molecule has 2 aromatic rings. The molecule has 0 aliphatic carbocycles. The van der Waals surface area contributed by atoms with Gasteiger partial charge in [0.2, 0.25) is 0 Å². The van der Waals surface area contributed by atoms with E-state index in [1.54, 1.807) is 6.07 Å². The molecule has 0 aliphatic rings. The quantitative estimate of drug-likeness (QED) is 0.836. The van der Waals surface area contributed by atoms with Crippen molar-refractivity contribution in [1.82, 2.24) is 9.97 Å². The zero-order chi connectivity index (χ0) is 17.5. The van der Waals surface area contributed by atoms with Gasteiger partial charge in [0.05, 0.1) is 0 Å². The Morgan fingerprint density at radius 2 is 1.83 bits per heavy atom. The second-order valence-electron chi connectivity index (χ2n) is 5.95. The van der Waals surface area contributed by atoms with Crippen LogP contribution in [0.3, 0.4) is 0 Å². The van der Waals surface area contributed by atoms with Crippen LogP contribution in [0.4, 0.5) is 11.5 Å². The van der Waals surface area contributed by atoms with E-state index in [-0.39, 0.29) is 5.91 Å². The Labute approximate surface area is 144 Å². The highest BCUT2D eigenvalue weighted by molar-refractivity contribution is 6.03. The van der Waals surface area contributed by atoms with E-state index in [2.05, 4.69) is 34.0 Å². The van der Waals surface area contributed by atoms with Gasteiger partial charge in [0.1, 0.15) is 17.8 Å². The number of anilines is 2. The maximum absolute atomic E-state index is 12.5. The minimum absolute atomic E-state index is 0.208. The molecule has 1 heterocycles. The van der Waals surface area contributed by atoms with Crippen molar-refractivity contribution in [3.05, 3.63) is 47.4 Å². The number of rotatable bonds is 7. The highest BCUT2D eigenvalue weighted by atomic mass is 16.1. The monoisotopic (exact) mass is 326 g/mol. The third-order valence-corrected chi connectivity index (χ3v) is 4.05. The first-order valence-electron chi connectivity index (χ1n) is 8.51. The smallest absolute Gasteiger partial charge is 0.274 e. The standard InChI is InChI=1S/C19H26N4O/c1-5-10-23(11-6-2)18-12-17(20-13-21-18)19(24)22-16-9-7-8-14(3)15(16)4/h7-9,12-13H,5-6,10-11H2,1-4H3,(H,22,24). The highest BCUT2D eigenvalue weighted by Crippen LogP contribution is 2.19. The molecule has 0 atom stereocenters. The first-order valence-corrected chi connectivity index (χ1v) is 8.51. The van der Waals surface area contributed by atoms with E-state index >= 15 is 0 Å². The van der Waals surface area contributed by atoms with Crippen LogP contribution in [0.2, 0.25) is 0 Å². The fourth-order valence-corrected chi connectivity index (χ4v) is 2.60. The van der Waals surface area contributed by atoms with E-state index in [9.17, 15) is 4.79 Å². The van der Waals surface area contributed by atoms with Gasteiger partial charge in [-0.2, -0.15) is 0 Å². The minimum Gasteiger partial charge on any atom is -0.357 e. The number of aromatic nitrogens is 2. The molecule has 0 saturated heterocycles. The minimum atomic E-state index is -0.208. The van der Waals surface area contributed by atoms with Gasteiger partial charge in [0.25, 0.3) is 5.91 Å². The molecule has 128 valence electrons. The zero-order valence-electron chi connectivity index (χ0n) is 15.0. The molecule has 0 unspecified atom stereocenters. The van der Waals surface area contributed by atoms with Crippen LogP contribution in [-0.2, 0) is 0 Å². The Kier molecular flexibility index (Phi) is 6.29. The third-order valence-electron chi connectivity index (χ3n) is 4.05. The Morgan fingerprint density at radius 3 is 2.50 bits per heavy atom. The van der Waals surface area contributed by atoms with E-state index in [0.29, 0.717) is 5.69 Å². The lowest BCUT2D eigenvalue weighted by molar-refractivity contribution is 0.102. The fourth-order valence-electron chi connectivity index (χ4n) is 2.60. The van der Waals surface area contributed by atoms with Gasteiger partial charge in [-0.3, -0.25) is 4.79 Å². The Bertz CT molecular complexity index is 694. The molecule has 0 bridgehead atoms. The van der Waals surface area contributed by atoms with Gasteiger partial charge >= 0.3 is 0 Å². The number of nitrogens with one attached hydrogen (secondary N) is 1. The summed E-state index contributed by atoms with van der Waals surface area (Å²) in [5, 5.41) is 2.95. The average molecular weight is 326 g/mol. The van der Waals surface area contributed by atoms with E-state index in [4.69, 9.17) is 0 Å². The SMILES string of the molecule is CCCN(CCC)c1cc(C(=O)Nc2cccc(C)c2C)ncn1. The lowest BCUT2D eigenvalue weighted by Crippen LogP contribution is -2.26. The summed E-state index contributed by atoms with van der Waals surface area (Å²) in [6.07, 6.45) is 3.54. The second-order valence-corrected chi connectivity index (χ2v) is 5.95. The second kappa shape index (κ2) is 8.43. The number of nitrogens with zero attached hydrogens (tertiary/aromatic N) is 3. The van der Waals surface area contributed by atoms with Crippen molar-refractivity contribution in [2.24, 2.45) is 0 Å². The summed E-state index contributed by atoms with van der Waals surface area (Å²) < 4.78 is 0. The van der Waals surface area contributed by atoms with Gasteiger partial charge < -0.3 is 10.2 Å². The molecule has 1 amide bonds. The lowest BCUT2D eigenvalue weighted by atomic mass is 10.1. The van der Waals surface area contributed by atoms with E-state index < -0.39 is 0 Å². The summed E-state index contributed by atoms with van der Waals surface area (Å²) in [6, 6.07) is 7.64. The van der Waals surface area contributed by atoms with Gasteiger partial charge in [0.15, 0.2) is 0 Å². The van der Waals surface area contributed by atoms with Gasteiger partial charge in [-0.05, 0) is 43.9 Å². The number of aryl methyl sites for hydroxylation is 1. The summed E-state index contributed by atoms with van der Waals surface area (Å²) in [6.45, 7) is 10.1. The largest absolute Gasteiger partial charge is 0.357 e. The molecule has 1 aromatic carbocycles. The van der Waals surface area contributed by atoms with Crippen molar-refractivity contribution < 1.29 is 4.79 Å². The average Bonchev–Trinajstić information content (AvgIpc) is 2.59. The molecular formula is C19H26N4O. The molecule has 1 aromatic heterocycles. The summed E-state index contributed by atoms with van der Waals surface area (Å²) in [7, 11) is 0. The molecule has 5 heteroatoms. The van der Waals surface area contributed by atoms with Gasteiger partial charge in [-0.15, -0.1) is 0 Å². The number of hydrogen-bond donors (Lipinski definition) is 1. The van der Waals surface area contributed by atoms with Crippen LogP contribution in [0.15, 0.2) is 30.6 Å². The number of benzene rings is 1. The lowest BCUT2D eigenvalue weighted by Gasteiger charge is -2.22. The van der Waals surface area contributed by atoms with E-state index in [1.165, 1.54) is 6.33 Å². The van der Waals surface area contributed by atoms with Crippen molar-refractivity contribution in [1.29, 1.82) is 0 Å². The third kappa shape index (κ3) is 4.31. The number of amides is 1. The van der Waals surface area contributed by atoms with E-state index in [0.717, 1.165) is 48.6 Å². The van der Waals surface area contributed by atoms with Crippen molar-refractivity contribution >= 4 is 17.4 Å². The Hall–Kier alpha value is -2.43. The predicted octanol–water partition coefficient (Wildman–Crippen LogP) is 3.97. The summed E-state index contributed by atoms with van der Waals surface area (Å²) in [5.41, 5.74) is 3.42. The van der Waals surface area contributed by atoms with Crippen LogP contribution < -0.4 is 10.2 Å². The zero-order valence-corrected chi connectivity index (χ0v) is 15.0. The Morgan fingerprint density at radius 1 is 1.12 bits per heavy atom. The number of carbonyl (C=O) groups is 1. The topological polar surface area (TPSA) is 58.1 Å². The maximum atomic E-state index is 12.5.